The molecule has 1 aliphatic rings. The molecule has 0 saturated heterocycles. The highest BCUT2D eigenvalue weighted by molar-refractivity contribution is 5.13. The molecule has 3 rings (SSSR count). The lowest BCUT2D eigenvalue weighted by Gasteiger charge is -2.39. The predicted molar refractivity (Wildman–Crippen MR) is 83.3 cm³/mol. The van der Waals surface area contributed by atoms with Gasteiger partial charge in [-0.1, -0.05) is 26.0 Å². The minimum Gasteiger partial charge on any atom is -0.290 e. The van der Waals surface area contributed by atoms with Gasteiger partial charge in [-0.05, 0) is 13.8 Å². The zero-order valence-corrected chi connectivity index (χ0v) is 14.1. The lowest BCUT2D eigenvalue weighted by atomic mass is 9.93. The molecule has 0 aromatic carbocycles. The molecule has 0 atom stereocenters. The summed E-state index contributed by atoms with van der Waals surface area (Å²) in [7, 11) is 0. The largest absolute Gasteiger partial charge is 0.290 e. The molecule has 0 fully saturated rings. The van der Waals surface area contributed by atoms with E-state index in [1.165, 1.54) is 0 Å². The third-order valence-electron chi connectivity index (χ3n) is 4.37. The second kappa shape index (κ2) is 5.15. The van der Waals surface area contributed by atoms with Crippen molar-refractivity contribution >= 4 is 0 Å². The fourth-order valence-electron chi connectivity index (χ4n) is 2.83. The highest BCUT2D eigenvalue weighted by Crippen LogP contribution is 2.25. The average molecular weight is 303 g/mol. The van der Waals surface area contributed by atoms with Crippen LogP contribution in [0, 0.1) is 0 Å². The van der Waals surface area contributed by atoms with Crippen molar-refractivity contribution in [1.29, 1.82) is 0 Å². The molecule has 0 aliphatic carbocycles. The van der Waals surface area contributed by atoms with E-state index in [0.717, 1.165) is 43.1 Å². The summed E-state index contributed by atoms with van der Waals surface area (Å²) in [6.07, 6.45) is 3.01. The Morgan fingerprint density at radius 1 is 1.14 bits per heavy atom. The Morgan fingerprint density at radius 2 is 1.86 bits per heavy atom. The van der Waals surface area contributed by atoms with Crippen LogP contribution in [-0.2, 0) is 24.9 Å². The highest BCUT2D eigenvalue weighted by Gasteiger charge is 2.32. The van der Waals surface area contributed by atoms with Crippen LogP contribution in [0.5, 0.6) is 0 Å². The number of aromatic nitrogens is 6. The van der Waals surface area contributed by atoms with Crippen molar-refractivity contribution in [3.8, 4) is 0 Å². The van der Waals surface area contributed by atoms with Crippen LogP contribution >= 0.6 is 0 Å². The SMILES string of the molecule is CC(C)(C)c1cn(CC(C)(C)N2CCc3n[nH]nc3C2)nn1. The molecule has 0 radical (unpaired) electrons. The molecule has 7 nitrogen and oxygen atoms in total. The van der Waals surface area contributed by atoms with E-state index in [1.807, 2.05) is 4.68 Å². The van der Waals surface area contributed by atoms with E-state index in [0.29, 0.717) is 0 Å². The van der Waals surface area contributed by atoms with E-state index in [2.05, 4.69) is 71.4 Å². The van der Waals surface area contributed by atoms with Gasteiger partial charge in [0, 0.05) is 36.7 Å². The summed E-state index contributed by atoms with van der Waals surface area (Å²) in [4.78, 5) is 2.44. The van der Waals surface area contributed by atoms with Crippen molar-refractivity contribution in [2.24, 2.45) is 0 Å². The van der Waals surface area contributed by atoms with Crippen LogP contribution in [0.15, 0.2) is 6.20 Å². The highest BCUT2D eigenvalue weighted by atomic mass is 15.4. The fraction of sp³-hybridized carbons (Fsp3) is 0.733. The maximum atomic E-state index is 4.31. The second-order valence-electron chi connectivity index (χ2n) is 7.75. The number of aromatic amines is 1. The van der Waals surface area contributed by atoms with Gasteiger partial charge in [0.2, 0.25) is 0 Å². The van der Waals surface area contributed by atoms with Crippen molar-refractivity contribution in [2.75, 3.05) is 6.54 Å². The Hall–Kier alpha value is -1.76. The zero-order chi connectivity index (χ0) is 16.0. The summed E-state index contributed by atoms with van der Waals surface area (Å²) in [6.45, 7) is 13.6. The van der Waals surface area contributed by atoms with Crippen molar-refractivity contribution in [3.63, 3.8) is 0 Å². The number of hydrogen-bond acceptors (Lipinski definition) is 5. The molecular weight excluding hydrogens is 278 g/mol. The first-order valence-corrected chi connectivity index (χ1v) is 7.80. The molecular formula is C15H25N7. The lowest BCUT2D eigenvalue weighted by Crippen LogP contribution is -2.49. The molecule has 0 bridgehead atoms. The van der Waals surface area contributed by atoms with Crippen LogP contribution in [0.4, 0.5) is 0 Å². The summed E-state index contributed by atoms with van der Waals surface area (Å²) in [6, 6.07) is 0. The maximum Gasteiger partial charge on any atom is 0.0997 e. The van der Waals surface area contributed by atoms with Gasteiger partial charge in [-0.3, -0.25) is 9.58 Å². The Kier molecular flexibility index (Phi) is 3.55. The monoisotopic (exact) mass is 303 g/mol. The summed E-state index contributed by atoms with van der Waals surface area (Å²) >= 11 is 0. The lowest BCUT2D eigenvalue weighted by molar-refractivity contribution is 0.0819. The van der Waals surface area contributed by atoms with E-state index >= 15 is 0 Å². The second-order valence-corrected chi connectivity index (χ2v) is 7.75. The summed E-state index contributed by atoms with van der Waals surface area (Å²) in [5, 5.41) is 19.8. The van der Waals surface area contributed by atoms with Crippen LogP contribution < -0.4 is 0 Å². The first-order valence-electron chi connectivity index (χ1n) is 7.80. The first-order chi connectivity index (χ1) is 10.3. The molecule has 0 spiro atoms. The Balaban J connectivity index is 1.72. The number of nitrogens with one attached hydrogen (secondary N) is 1. The van der Waals surface area contributed by atoms with Crippen molar-refractivity contribution in [2.45, 2.75) is 65.1 Å². The van der Waals surface area contributed by atoms with Gasteiger partial charge in [-0.15, -0.1) is 5.10 Å². The third-order valence-corrected chi connectivity index (χ3v) is 4.37. The molecule has 3 heterocycles. The zero-order valence-electron chi connectivity index (χ0n) is 14.1. The van der Waals surface area contributed by atoms with Crippen LogP contribution in [0.2, 0.25) is 0 Å². The number of fused-ring (bicyclic) bond motifs is 1. The van der Waals surface area contributed by atoms with Gasteiger partial charge in [-0.25, -0.2) is 0 Å². The summed E-state index contributed by atoms with van der Waals surface area (Å²) < 4.78 is 1.96. The Bertz CT molecular complexity index is 647. The van der Waals surface area contributed by atoms with Crippen LogP contribution in [0.25, 0.3) is 0 Å². The maximum absolute atomic E-state index is 4.31. The molecule has 120 valence electrons. The van der Waals surface area contributed by atoms with Gasteiger partial charge in [0.05, 0.1) is 23.6 Å². The number of nitrogens with zero attached hydrogens (tertiary/aromatic N) is 6. The van der Waals surface area contributed by atoms with Crippen molar-refractivity contribution < 1.29 is 0 Å². The minimum absolute atomic E-state index is 0.0144. The molecule has 2 aromatic rings. The van der Waals surface area contributed by atoms with E-state index in [4.69, 9.17) is 0 Å². The normalized spacial score (nSPS) is 16.8. The number of hydrogen-bond donors (Lipinski definition) is 1. The number of H-pyrrole nitrogens is 1. The average Bonchev–Trinajstić information content (AvgIpc) is 3.04. The van der Waals surface area contributed by atoms with E-state index in [9.17, 15) is 0 Å². The van der Waals surface area contributed by atoms with Crippen molar-refractivity contribution in [1.82, 2.24) is 35.3 Å². The number of rotatable bonds is 3. The van der Waals surface area contributed by atoms with Gasteiger partial charge in [0.25, 0.3) is 0 Å². The Morgan fingerprint density at radius 3 is 2.55 bits per heavy atom. The first kappa shape index (κ1) is 15.1. The molecule has 1 aliphatic heterocycles. The molecule has 7 heteroatoms. The van der Waals surface area contributed by atoms with Gasteiger partial charge < -0.3 is 0 Å². The fourth-order valence-corrected chi connectivity index (χ4v) is 2.83. The van der Waals surface area contributed by atoms with Crippen LogP contribution in [-0.4, -0.2) is 47.4 Å². The van der Waals surface area contributed by atoms with Crippen molar-refractivity contribution in [3.05, 3.63) is 23.3 Å². The standard InChI is InChI=1S/C15H25N7/c1-14(2,3)13-9-22(20-18-13)10-15(4,5)21-7-6-11-12(8-21)17-19-16-11/h9H,6-8,10H2,1-5H3,(H,16,17,19). The van der Waals surface area contributed by atoms with E-state index in [-0.39, 0.29) is 11.0 Å². The van der Waals surface area contributed by atoms with Gasteiger partial charge in [0.1, 0.15) is 0 Å². The quantitative estimate of drug-likeness (QED) is 0.930. The van der Waals surface area contributed by atoms with Gasteiger partial charge >= 0.3 is 0 Å². The predicted octanol–water partition coefficient (Wildman–Crippen LogP) is 1.53. The smallest absolute Gasteiger partial charge is 0.0997 e. The topological polar surface area (TPSA) is 75.5 Å². The molecule has 0 saturated carbocycles. The molecule has 0 amide bonds. The molecule has 0 unspecified atom stereocenters. The van der Waals surface area contributed by atoms with Gasteiger partial charge in [-0.2, -0.15) is 15.4 Å². The third kappa shape index (κ3) is 2.90. The molecule has 2 aromatic heterocycles. The van der Waals surface area contributed by atoms with E-state index < -0.39 is 0 Å². The summed E-state index contributed by atoms with van der Waals surface area (Å²) in [5.74, 6) is 0. The minimum atomic E-state index is -0.0144. The van der Waals surface area contributed by atoms with Crippen LogP contribution in [0.3, 0.4) is 0 Å². The Labute approximate surface area is 131 Å². The van der Waals surface area contributed by atoms with Gasteiger partial charge in [0.15, 0.2) is 0 Å². The molecule has 22 heavy (non-hydrogen) atoms. The van der Waals surface area contributed by atoms with E-state index in [1.54, 1.807) is 0 Å². The molecule has 1 N–H and O–H groups in total. The van der Waals surface area contributed by atoms with Crippen LogP contribution in [0.1, 0.15) is 51.7 Å². The summed E-state index contributed by atoms with van der Waals surface area (Å²) in [5.41, 5.74) is 3.21.